The van der Waals surface area contributed by atoms with Crippen LogP contribution in [0.15, 0.2) is 95.4 Å². The van der Waals surface area contributed by atoms with Gasteiger partial charge in [0.25, 0.3) is 0 Å². The molecule has 1 heterocycles. The summed E-state index contributed by atoms with van der Waals surface area (Å²) in [7, 11) is -0.748. The zero-order valence-corrected chi connectivity index (χ0v) is 26.5. The van der Waals surface area contributed by atoms with Crippen molar-refractivity contribution in [3.05, 3.63) is 108 Å². The highest BCUT2D eigenvalue weighted by molar-refractivity contribution is 7.54. The molecule has 0 aliphatic carbocycles. The van der Waals surface area contributed by atoms with Crippen molar-refractivity contribution in [1.29, 1.82) is 5.26 Å². The van der Waals surface area contributed by atoms with Gasteiger partial charge in [-0.15, -0.1) is 0 Å². The predicted octanol–water partition coefficient (Wildman–Crippen LogP) is 8.94. The number of methoxy groups -OCH3 is 2. The maximum absolute atomic E-state index is 14.6. The third-order valence-corrected chi connectivity index (χ3v) is 9.33. The summed E-state index contributed by atoms with van der Waals surface area (Å²) in [5, 5.41) is 13.6. The first-order valence-corrected chi connectivity index (χ1v) is 16.1. The second-order valence-electron chi connectivity index (χ2n) is 9.96. The summed E-state index contributed by atoms with van der Waals surface area (Å²) in [6, 6.07) is 30.0. The molecule has 1 atom stereocenters. The van der Waals surface area contributed by atoms with Gasteiger partial charge in [-0.2, -0.15) is 5.26 Å². The van der Waals surface area contributed by atoms with E-state index in [2.05, 4.69) is 11.4 Å². The van der Waals surface area contributed by atoms with Crippen molar-refractivity contribution in [2.24, 2.45) is 0 Å². The molecule has 0 bridgehead atoms. The Bertz CT molecular complexity index is 1820. The van der Waals surface area contributed by atoms with E-state index in [1.807, 2.05) is 60.7 Å². The van der Waals surface area contributed by atoms with Crippen LogP contribution in [0.4, 0.5) is 5.69 Å². The van der Waals surface area contributed by atoms with Crippen LogP contribution in [-0.4, -0.2) is 27.4 Å². The van der Waals surface area contributed by atoms with Crippen molar-refractivity contribution in [3.8, 4) is 34.4 Å². The van der Waals surface area contributed by atoms with Crippen molar-refractivity contribution >= 4 is 24.3 Å². The summed E-state index contributed by atoms with van der Waals surface area (Å²) >= 11 is 0. The number of nitrogens with one attached hydrogen (secondary N) is 1. The summed E-state index contributed by atoms with van der Waals surface area (Å²) in [5.74, 6) is 0.906. The molecule has 1 aromatic heterocycles. The molecule has 0 amide bonds. The molecule has 5 aromatic rings. The predicted molar refractivity (Wildman–Crippen MR) is 174 cm³/mol. The van der Waals surface area contributed by atoms with Gasteiger partial charge in [0.2, 0.25) is 0 Å². The molecule has 45 heavy (non-hydrogen) atoms. The van der Waals surface area contributed by atoms with Crippen LogP contribution in [0.5, 0.6) is 17.2 Å². The highest BCUT2D eigenvalue weighted by atomic mass is 31.2. The standard InChI is InChI=1S/C35H35N2O7P/c1-5-42-45(38,43-6-2)35(37-27-14-10-13-25(19-27)22-36)34-33(26-15-17-28(39-3)18-16-26)29-20-32(31(40-4)21-30(29)44-34)41-23-24-11-8-7-9-12-24/h7-21,35,37H,5-6,23H2,1-4H3. The summed E-state index contributed by atoms with van der Waals surface area (Å²) in [4.78, 5) is 0. The average Bonchev–Trinajstić information content (AvgIpc) is 3.44. The van der Waals surface area contributed by atoms with Crippen molar-refractivity contribution in [2.45, 2.75) is 26.2 Å². The van der Waals surface area contributed by atoms with E-state index in [0.717, 1.165) is 11.1 Å². The van der Waals surface area contributed by atoms with E-state index in [1.165, 1.54) is 0 Å². The second-order valence-corrected chi connectivity index (χ2v) is 12.1. The molecule has 10 heteroatoms. The van der Waals surface area contributed by atoms with Crippen LogP contribution < -0.4 is 19.5 Å². The minimum absolute atomic E-state index is 0.136. The Morgan fingerprint density at radius 1 is 0.867 bits per heavy atom. The fraction of sp³-hybridized carbons (Fsp3) is 0.229. The Morgan fingerprint density at radius 3 is 2.24 bits per heavy atom. The zero-order chi connectivity index (χ0) is 31.8. The van der Waals surface area contributed by atoms with Crippen LogP contribution >= 0.6 is 7.60 Å². The molecule has 1 N–H and O–H groups in total. The Balaban J connectivity index is 1.74. The first-order valence-electron chi connectivity index (χ1n) is 14.5. The lowest BCUT2D eigenvalue weighted by Gasteiger charge is -2.27. The molecule has 0 saturated heterocycles. The Labute approximate surface area is 262 Å². The van der Waals surface area contributed by atoms with Crippen molar-refractivity contribution in [3.63, 3.8) is 0 Å². The second kappa shape index (κ2) is 14.4. The van der Waals surface area contributed by atoms with Crippen molar-refractivity contribution in [1.82, 2.24) is 0 Å². The van der Waals surface area contributed by atoms with E-state index in [4.69, 9.17) is 27.7 Å². The maximum atomic E-state index is 14.6. The highest BCUT2D eigenvalue weighted by Gasteiger charge is 2.42. The molecular formula is C35H35N2O7P. The molecule has 1 unspecified atom stereocenters. The van der Waals surface area contributed by atoms with E-state index < -0.39 is 13.4 Å². The number of rotatable bonds is 14. The molecule has 0 saturated carbocycles. The number of benzene rings is 4. The number of fused-ring (bicyclic) bond motifs is 1. The van der Waals surface area contributed by atoms with Crippen LogP contribution in [0.1, 0.15) is 36.5 Å². The normalized spacial score (nSPS) is 12.0. The fourth-order valence-electron chi connectivity index (χ4n) is 5.05. The first kappa shape index (κ1) is 31.7. The molecule has 0 spiro atoms. The summed E-state index contributed by atoms with van der Waals surface area (Å²) < 4.78 is 50.3. The maximum Gasteiger partial charge on any atom is 0.360 e. The summed E-state index contributed by atoms with van der Waals surface area (Å²) in [6.45, 7) is 4.11. The van der Waals surface area contributed by atoms with Gasteiger partial charge in [0.15, 0.2) is 17.3 Å². The minimum Gasteiger partial charge on any atom is -0.497 e. The quantitative estimate of drug-likeness (QED) is 0.121. The van der Waals surface area contributed by atoms with E-state index in [0.29, 0.717) is 57.4 Å². The third kappa shape index (κ3) is 7.00. The van der Waals surface area contributed by atoms with Crippen LogP contribution in [0.25, 0.3) is 22.1 Å². The number of anilines is 1. The SMILES string of the molecule is CCOP(=O)(OCC)C(Nc1cccc(C#N)c1)c1oc2cc(OC)c(OCc3ccccc3)cc2c1-c1ccc(OC)cc1. The van der Waals surface area contributed by atoms with Gasteiger partial charge >= 0.3 is 7.60 Å². The summed E-state index contributed by atoms with van der Waals surface area (Å²) in [6.07, 6.45) is 0. The number of furan rings is 1. The molecule has 232 valence electrons. The molecule has 4 aromatic carbocycles. The van der Waals surface area contributed by atoms with Crippen LogP contribution in [0, 0.1) is 11.3 Å². The third-order valence-electron chi connectivity index (χ3n) is 7.10. The van der Waals surface area contributed by atoms with E-state index in [9.17, 15) is 9.83 Å². The molecule has 0 aliphatic rings. The number of nitriles is 1. The molecule has 0 radical (unpaired) electrons. The molecule has 0 fully saturated rings. The van der Waals surface area contributed by atoms with Crippen molar-refractivity contribution < 1.29 is 32.2 Å². The Kier molecular flexibility index (Phi) is 10.1. The Hall–Kier alpha value is -4.74. The number of ether oxygens (including phenoxy) is 3. The van der Waals surface area contributed by atoms with Gasteiger partial charge in [-0.05, 0) is 61.4 Å². The van der Waals surface area contributed by atoms with Crippen LogP contribution in [-0.2, 0) is 20.2 Å². The lowest BCUT2D eigenvalue weighted by atomic mass is 10.0. The monoisotopic (exact) mass is 626 g/mol. The van der Waals surface area contributed by atoms with Gasteiger partial charge < -0.3 is 33.0 Å². The van der Waals surface area contributed by atoms with Gasteiger partial charge in [0, 0.05) is 22.7 Å². The molecule has 9 nitrogen and oxygen atoms in total. The lowest BCUT2D eigenvalue weighted by molar-refractivity contribution is 0.212. The van der Waals surface area contributed by atoms with E-state index in [-0.39, 0.29) is 13.2 Å². The molecule has 0 aliphatic heterocycles. The Morgan fingerprint density at radius 2 is 1.60 bits per heavy atom. The lowest BCUT2D eigenvalue weighted by Crippen LogP contribution is -2.15. The van der Waals surface area contributed by atoms with Gasteiger partial charge in [-0.3, -0.25) is 4.57 Å². The molecular weight excluding hydrogens is 591 g/mol. The largest absolute Gasteiger partial charge is 0.497 e. The number of hydrogen-bond donors (Lipinski definition) is 1. The topological polar surface area (TPSA) is 112 Å². The van der Waals surface area contributed by atoms with Gasteiger partial charge in [-0.1, -0.05) is 48.5 Å². The van der Waals surface area contributed by atoms with Crippen LogP contribution in [0.2, 0.25) is 0 Å². The number of nitrogens with zero attached hydrogens (tertiary/aromatic N) is 1. The first-order chi connectivity index (χ1) is 21.9. The highest BCUT2D eigenvalue weighted by Crippen LogP contribution is 2.63. The van der Waals surface area contributed by atoms with Gasteiger partial charge in [-0.25, -0.2) is 0 Å². The number of hydrogen-bond acceptors (Lipinski definition) is 9. The fourth-order valence-corrected chi connectivity index (χ4v) is 6.92. The van der Waals surface area contributed by atoms with Crippen LogP contribution in [0.3, 0.4) is 0 Å². The smallest absolute Gasteiger partial charge is 0.360 e. The summed E-state index contributed by atoms with van der Waals surface area (Å²) in [5.41, 5.74) is 3.91. The average molecular weight is 627 g/mol. The van der Waals surface area contributed by atoms with Gasteiger partial charge in [0.05, 0.1) is 39.1 Å². The van der Waals surface area contributed by atoms with Gasteiger partial charge in [0.1, 0.15) is 23.7 Å². The zero-order valence-electron chi connectivity index (χ0n) is 25.6. The van der Waals surface area contributed by atoms with E-state index in [1.54, 1.807) is 58.4 Å². The van der Waals surface area contributed by atoms with E-state index >= 15 is 0 Å². The van der Waals surface area contributed by atoms with Crippen molar-refractivity contribution in [2.75, 3.05) is 32.8 Å². The minimum atomic E-state index is -3.92. The molecule has 5 rings (SSSR count).